The second-order valence-corrected chi connectivity index (χ2v) is 10.4. The van der Waals surface area contributed by atoms with Crippen molar-refractivity contribution in [3.63, 3.8) is 0 Å². The third-order valence-electron chi connectivity index (χ3n) is 6.88. The van der Waals surface area contributed by atoms with Crippen molar-refractivity contribution in [3.05, 3.63) is 70.6 Å². The number of amides is 1. The van der Waals surface area contributed by atoms with Crippen LogP contribution in [0.4, 0.5) is 10.2 Å². The van der Waals surface area contributed by atoms with Crippen LogP contribution in [0, 0.1) is 12.7 Å². The molecule has 1 atom stereocenters. The molecule has 0 unspecified atom stereocenters. The first-order chi connectivity index (χ1) is 17.1. The Morgan fingerprint density at radius 3 is 2.80 bits per heavy atom. The van der Waals surface area contributed by atoms with E-state index < -0.39 is 5.82 Å². The highest BCUT2D eigenvalue weighted by Gasteiger charge is 2.32. The molecule has 0 radical (unpaired) electrons. The number of nitrogens with zero attached hydrogens (tertiary/aromatic N) is 4. The molecule has 1 N–H and O–H groups in total. The molecule has 6 rings (SSSR count). The molecule has 0 bridgehead atoms. The number of hydrogen-bond donors (Lipinski definition) is 1. The summed E-state index contributed by atoms with van der Waals surface area (Å²) in [5.41, 5.74) is 1.72. The summed E-state index contributed by atoms with van der Waals surface area (Å²) in [4.78, 5) is 20.3. The van der Waals surface area contributed by atoms with E-state index in [1.54, 1.807) is 23.2 Å². The molecule has 0 spiro atoms. The lowest BCUT2D eigenvalue weighted by Crippen LogP contribution is -2.49. The topological polar surface area (TPSA) is 71.0 Å². The number of aromatic nitrogens is 3. The van der Waals surface area contributed by atoms with E-state index in [4.69, 9.17) is 0 Å². The van der Waals surface area contributed by atoms with Gasteiger partial charge in [0.2, 0.25) is 0 Å². The van der Waals surface area contributed by atoms with Crippen molar-refractivity contribution < 1.29 is 9.18 Å². The summed E-state index contributed by atoms with van der Waals surface area (Å²) in [5, 5.41) is 15.5. The van der Waals surface area contributed by atoms with Gasteiger partial charge in [0.15, 0.2) is 0 Å². The van der Waals surface area contributed by atoms with Crippen molar-refractivity contribution in [2.75, 3.05) is 18.0 Å². The number of carbonyl (C=O) groups excluding carboxylic acids is 1. The summed E-state index contributed by atoms with van der Waals surface area (Å²) < 4.78 is 15.5. The van der Waals surface area contributed by atoms with Gasteiger partial charge in [0.25, 0.3) is 5.91 Å². The van der Waals surface area contributed by atoms with Crippen LogP contribution in [0.1, 0.15) is 52.5 Å². The molecule has 2 aromatic heterocycles. The zero-order valence-corrected chi connectivity index (χ0v) is 20.3. The Bertz CT molecular complexity index is 1400. The van der Waals surface area contributed by atoms with Crippen molar-refractivity contribution in [1.29, 1.82) is 0 Å². The van der Waals surface area contributed by atoms with Gasteiger partial charge < -0.3 is 5.32 Å². The highest BCUT2D eigenvalue weighted by Crippen LogP contribution is 2.42. The van der Waals surface area contributed by atoms with Gasteiger partial charge in [0, 0.05) is 29.6 Å². The van der Waals surface area contributed by atoms with Crippen molar-refractivity contribution >= 4 is 33.8 Å². The van der Waals surface area contributed by atoms with Gasteiger partial charge in [-0.2, -0.15) is 0 Å². The van der Waals surface area contributed by atoms with Crippen molar-refractivity contribution in [3.8, 4) is 10.6 Å². The Morgan fingerprint density at radius 2 is 2.03 bits per heavy atom. The number of carbonyl (C=O) groups is 1. The minimum absolute atomic E-state index is 0.0404. The fraction of sp³-hybridized carbons (Fsp3) is 0.333. The summed E-state index contributed by atoms with van der Waals surface area (Å²) in [6, 6.07) is 12.6. The SMILES string of the molecule is Cc1cccc2ccnc(N(C(=O)c3ccc(-c4nnc(C5CC5)s4)cc3F)[C@@H]3CCCNC3)c12. The van der Waals surface area contributed by atoms with E-state index in [2.05, 4.69) is 20.5 Å². The van der Waals surface area contributed by atoms with E-state index in [1.807, 2.05) is 31.2 Å². The van der Waals surface area contributed by atoms with Gasteiger partial charge in [-0.3, -0.25) is 9.69 Å². The normalized spacial score (nSPS) is 18.1. The van der Waals surface area contributed by atoms with E-state index in [9.17, 15) is 4.79 Å². The number of anilines is 1. The summed E-state index contributed by atoms with van der Waals surface area (Å²) in [6.45, 7) is 3.57. The third-order valence-corrected chi connectivity index (χ3v) is 8.01. The van der Waals surface area contributed by atoms with Gasteiger partial charge in [0.1, 0.15) is 21.7 Å². The quantitative estimate of drug-likeness (QED) is 0.404. The maximum absolute atomic E-state index is 15.5. The number of nitrogens with one attached hydrogen (secondary N) is 1. The van der Waals surface area contributed by atoms with Crippen LogP contribution < -0.4 is 10.2 Å². The lowest BCUT2D eigenvalue weighted by molar-refractivity contribution is 0.0968. The first kappa shape index (κ1) is 22.2. The average Bonchev–Trinajstić information content (AvgIpc) is 3.61. The van der Waals surface area contributed by atoms with Gasteiger partial charge >= 0.3 is 0 Å². The van der Waals surface area contributed by atoms with Crippen LogP contribution in [0.5, 0.6) is 0 Å². The molecule has 2 fully saturated rings. The molecule has 178 valence electrons. The van der Waals surface area contributed by atoms with Gasteiger partial charge in [0.05, 0.1) is 11.6 Å². The Kier molecular flexibility index (Phi) is 5.78. The number of pyridine rings is 1. The minimum atomic E-state index is -0.554. The zero-order chi connectivity index (χ0) is 23.9. The molecule has 1 saturated heterocycles. The number of halogens is 1. The Labute approximate surface area is 207 Å². The number of hydrogen-bond acceptors (Lipinski definition) is 6. The summed E-state index contributed by atoms with van der Waals surface area (Å²) in [7, 11) is 0. The van der Waals surface area contributed by atoms with Crippen LogP contribution in [0.25, 0.3) is 21.3 Å². The maximum Gasteiger partial charge on any atom is 0.262 e. The van der Waals surface area contributed by atoms with Crippen molar-refractivity contribution in [1.82, 2.24) is 20.5 Å². The second-order valence-electron chi connectivity index (χ2n) is 9.40. The van der Waals surface area contributed by atoms with Gasteiger partial charge in [-0.05, 0) is 68.3 Å². The van der Waals surface area contributed by atoms with Crippen LogP contribution in [0.3, 0.4) is 0 Å². The van der Waals surface area contributed by atoms with E-state index in [-0.39, 0.29) is 17.5 Å². The molecule has 2 aromatic carbocycles. The predicted molar refractivity (Wildman–Crippen MR) is 136 cm³/mol. The fourth-order valence-corrected chi connectivity index (χ4v) is 5.87. The number of piperidine rings is 1. The Hall–Kier alpha value is -3.23. The third kappa shape index (κ3) is 4.21. The molecule has 1 amide bonds. The number of benzene rings is 2. The second kappa shape index (κ2) is 9.09. The highest BCUT2D eigenvalue weighted by molar-refractivity contribution is 7.14. The van der Waals surface area contributed by atoms with Crippen LogP contribution in [-0.2, 0) is 0 Å². The van der Waals surface area contributed by atoms with Crippen LogP contribution >= 0.6 is 11.3 Å². The summed E-state index contributed by atoms with van der Waals surface area (Å²) >= 11 is 1.51. The molecule has 8 heteroatoms. The minimum Gasteiger partial charge on any atom is -0.315 e. The molecule has 1 saturated carbocycles. The number of aryl methyl sites for hydroxylation is 1. The molecule has 1 aliphatic heterocycles. The lowest BCUT2D eigenvalue weighted by atomic mass is 10.0. The van der Waals surface area contributed by atoms with Crippen LogP contribution in [0.2, 0.25) is 0 Å². The average molecular weight is 488 g/mol. The van der Waals surface area contributed by atoms with Crippen molar-refractivity contribution in [2.45, 2.75) is 44.6 Å². The smallest absolute Gasteiger partial charge is 0.262 e. The monoisotopic (exact) mass is 487 g/mol. The van der Waals surface area contributed by atoms with Gasteiger partial charge in [-0.1, -0.05) is 35.6 Å². The summed E-state index contributed by atoms with van der Waals surface area (Å²) in [5.74, 6) is 0.158. The molecule has 2 aliphatic rings. The molecular weight excluding hydrogens is 461 g/mol. The predicted octanol–water partition coefficient (Wildman–Crippen LogP) is 5.48. The van der Waals surface area contributed by atoms with Crippen LogP contribution in [-0.4, -0.2) is 40.2 Å². The van der Waals surface area contributed by atoms with Crippen molar-refractivity contribution in [2.24, 2.45) is 0 Å². The molecule has 1 aliphatic carbocycles. The number of rotatable bonds is 5. The lowest BCUT2D eigenvalue weighted by Gasteiger charge is -2.35. The van der Waals surface area contributed by atoms with E-state index in [0.29, 0.717) is 28.9 Å². The molecule has 35 heavy (non-hydrogen) atoms. The molecule has 6 nitrogen and oxygen atoms in total. The van der Waals surface area contributed by atoms with Gasteiger partial charge in [-0.25, -0.2) is 9.37 Å². The standard InChI is InChI=1S/C27H26FN5OS/c1-16-4-2-5-17-11-13-30-24(23(16)17)33(20-6-3-12-29-15-20)27(34)21-10-9-19(14-22(21)28)26-32-31-25(35-26)18-7-8-18/h2,4-5,9-11,13-14,18,20,29H,3,6-8,12,15H2,1H3/t20-/m1/s1. The summed E-state index contributed by atoms with van der Waals surface area (Å²) in [6.07, 6.45) is 5.78. The Balaban J connectivity index is 1.40. The molecular formula is C27H26FN5OS. The highest BCUT2D eigenvalue weighted by atomic mass is 32.1. The van der Waals surface area contributed by atoms with E-state index in [0.717, 1.165) is 53.6 Å². The maximum atomic E-state index is 15.5. The number of fused-ring (bicyclic) bond motifs is 1. The van der Waals surface area contributed by atoms with E-state index in [1.165, 1.54) is 17.4 Å². The molecule has 4 aromatic rings. The molecule has 3 heterocycles. The first-order valence-corrected chi connectivity index (χ1v) is 12.9. The first-order valence-electron chi connectivity index (χ1n) is 12.1. The Morgan fingerprint density at radius 1 is 1.14 bits per heavy atom. The largest absolute Gasteiger partial charge is 0.315 e. The van der Waals surface area contributed by atoms with E-state index >= 15 is 4.39 Å². The van der Waals surface area contributed by atoms with Crippen LogP contribution in [0.15, 0.2) is 48.7 Å². The fourth-order valence-electron chi connectivity index (χ4n) is 4.86. The zero-order valence-electron chi connectivity index (χ0n) is 19.5. The van der Waals surface area contributed by atoms with Gasteiger partial charge in [-0.15, -0.1) is 10.2 Å².